The molecule has 0 radical (unpaired) electrons. The monoisotopic (exact) mass is 361 g/mol. The van der Waals surface area contributed by atoms with Gasteiger partial charge in [0, 0.05) is 30.8 Å². The number of fused-ring (bicyclic) bond motifs is 5. The van der Waals surface area contributed by atoms with Crippen LogP contribution in [0.25, 0.3) is 0 Å². The maximum atomic E-state index is 12.9. The van der Waals surface area contributed by atoms with Crippen molar-refractivity contribution in [1.29, 1.82) is 0 Å². The predicted molar refractivity (Wildman–Crippen MR) is 96.2 cm³/mol. The Morgan fingerprint density at radius 1 is 1.08 bits per heavy atom. The number of Topliss-reactive ketones (excluding diaryl/α,β-unsaturated/α-hetero) is 1. The summed E-state index contributed by atoms with van der Waals surface area (Å²) in [6, 6.07) is 0. The van der Waals surface area contributed by atoms with Crippen LogP contribution in [0, 0.1) is 23.2 Å². The topological polar surface area (TPSA) is 63.7 Å². The smallest absolute Gasteiger partial charge is 0.302 e. The molecule has 1 amide bonds. The van der Waals surface area contributed by atoms with Gasteiger partial charge in [0.15, 0.2) is 0 Å². The zero-order chi connectivity index (χ0) is 18.7. The average molecular weight is 361 g/mol. The van der Waals surface area contributed by atoms with Gasteiger partial charge in [-0.3, -0.25) is 14.4 Å². The van der Waals surface area contributed by atoms with E-state index in [1.807, 2.05) is 0 Å². The summed E-state index contributed by atoms with van der Waals surface area (Å²) in [4.78, 5) is 38.9. The van der Waals surface area contributed by atoms with Gasteiger partial charge in [0.25, 0.3) is 0 Å². The molecule has 5 heteroatoms. The number of esters is 1. The third kappa shape index (κ3) is 2.53. The molecule has 0 aromatic heterocycles. The first-order valence-corrected chi connectivity index (χ1v) is 10.3. The van der Waals surface area contributed by atoms with Crippen molar-refractivity contribution < 1.29 is 19.1 Å². The van der Waals surface area contributed by atoms with Crippen LogP contribution in [0.5, 0.6) is 0 Å². The zero-order valence-corrected chi connectivity index (χ0v) is 16.3. The highest BCUT2D eigenvalue weighted by Crippen LogP contribution is 2.60. The summed E-state index contributed by atoms with van der Waals surface area (Å²) in [5.74, 6) is 1.77. The number of carbonyl (C=O) groups is 3. The van der Waals surface area contributed by atoms with Gasteiger partial charge >= 0.3 is 5.97 Å². The molecular formula is C21H31NO4. The Labute approximate surface area is 155 Å². The van der Waals surface area contributed by atoms with Crippen LogP contribution in [0.15, 0.2) is 0 Å². The molecule has 6 atom stereocenters. The standard InChI is InChI=1S/C21H31NO4/c1-13(23)26-14-6-10-21(3)17-7-9-20(2)16(4-5-18(20)24)15(17)8-11-22(21)19(25)12-14/h14-17H,4-12H2,1-3H3/t14-,15-,16-,17-,20-,21+/m0/s1. The number of nitrogens with zero attached hydrogens (tertiary/aromatic N) is 1. The van der Waals surface area contributed by atoms with Crippen molar-refractivity contribution in [3.63, 3.8) is 0 Å². The van der Waals surface area contributed by atoms with Crippen LogP contribution in [0.4, 0.5) is 0 Å². The van der Waals surface area contributed by atoms with E-state index in [2.05, 4.69) is 18.7 Å². The summed E-state index contributed by atoms with van der Waals surface area (Å²) < 4.78 is 5.40. The molecule has 2 saturated carbocycles. The number of hydrogen-bond acceptors (Lipinski definition) is 4. The van der Waals surface area contributed by atoms with Crippen molar-refractivity contribution in [3.05, 3.63) is 0 Å². The van der Waals surface area contributed by atoms with Gasteiger partial charge in [-0.25, -0.2) is 0 Å². The second-order valence-corrected chi connectivity index (χ2v) is 9.46. The van der Waals surface area contributed by atoms with Crippen molar-refractivity contribution in [3.8, 4) is 0 Å². The van der Waals surface area contributed by atoms with Crippen LogP contribution in [-0.4, -0.2) is 40.7 Å². The molecule has 0 bridgehead atoms. The van der Waals surface area contributed by atoms with E-state index in [1.165, 1.54) is 6.92 Å². The van der Waals surface area contributed by atoms with E-state index in [4.69, 9.17) is 4.74 Å². The van der Waals surface area contributed by atoms with Crippen LogP contribution in [0.3, 0.4) is 0 Å². The fourth-order valence-corrected chi connectivity index (χ4v) is 6.89. The molecule has 2 heterocycles. The van der Waals surface area contributed by atoms with Gasteiger partial charge in [0.2, 0.25) is 5.91 Å². The highest BCUT2D eigenvalue weighted by Gasteiger charge is 2.60. The Hall–Kier alpha value is -1.39. The molecular weight excluding hydrogens is 330 g/mol. The van der Waals surface area contributed by atoms with Gasteiger partial charge in [-0.05, 0) is 63.2 Å². The molecule has 0 N–H and O–H groups in total. The lowest BCUT2D eigenvalue weighted by molar-refractivity contribution is -0.155. The fraction of sp³-hybridized carbons (Fsp3) is 0.857. The zero-order valence-electron chi connectivity index (χ0n) is 16.3. The molecule has 0 aromatic rings. The predicted octanol–water partition coefficient (Wildman–Crippen LogP) is 3.10. The Morgan fingerprint density at radius 2 is 1.85 bits per heavy atom. The third-order valence-corrected chi connectivity index (χ3v) is 8.26. The largest absolute Gasteiger partial charge is 0.462 e. The number of hydrogen-bond donors (Lipinski definition) is 0. The van der Waals surface area contributed by atoms with Crippen LogP contribution >= 0.6 is 0 Å². The van der Waals surface area contributed by atoms with Gasteiger partial charge in [-0.15, -0.1) is 0 Å². The normalized spacial score (nSPS) is 45.4. The van der Waals surface area contributed by atoms with E-state index in [0.717, 1.165) is 51.5 Å². The van der Waals surface area contributed by atoms with E-state index in [-0.39, 0.29) is 28.9 Å². The van der Waals surface area contributed by atoms with Gasteiger partial charge in [0.05, 0.1) is 6.42 Å². The molecule has 4 aliphatic rings. The number of carbonyl (C=O) groups excluding carboxylic acids is 3. The molecule has 2 aliphatic heterocycles. The van der Waals surface area contributed by atoms with Crippen molar-refractivity contribution >= 4 is 17.7 Å². The van der Waals surface area contributed by atoms with Crippen LogP contribution in [0.2, 0.25) is 0 Å². The Bertz CT molecular complexity index is 646. The van der Waals surface area contributed by atoms with Gasteiger partial charge in [0.1, 0.15) is 11.9 Å². The van der Waals surface area contributed by atoms with Crippen LogP contribution in [-0.2, 0) is 19.1 Å². The lowest BCUT2D eigenvalue weighted by Crippen LogP contribution is -2.62. The minimum atomic E-state index is -0.302. The number of rotatable bonds is 1. The van der Waals surface area contributed by atoms with Crippen LogP contribution in [0.1, 0.15) is 72.1 Å². The summed E-state index contributed by atoms with van der Waals surface area (Å²) in [5.41, 5.74) is -0.295. The maximum absolute atomic E-state index is 12.9. The van der Waals surface area contributed by atoms with E-state index >= 15 is 0 Å². The number of piperidine rings is 1. The number of amides is 1. The molecule has 4 rings (SSSR count). The maximum Gasteiger partial charge on any atom is 0.302 e. The quantitative estimate of drug-likeness (QED) is 0.673. The molecule has 0 spiro atoms. The van der Waals surface area contributed by atoms with E-state index in [1.54, 1.807) is 0 Å². The lowest BCUT2D eigenvalue weighted by Gasteiger charge is -2.58. The first kappa shape index (κ1) is 18.0. The third-order valence-electron chi connectivity index (χ3n) is 8.26. The minimum Gasteiger partial charge on any atom is -0.462 e. The highest BCUT2D eigenvalue weighted by molar-refractivity contribution is 5.87. The number of ether oxygens (including phenoxy) is 1. The first-order valence-electron chi connectivity index (χ1n) is 10.3. The summed E-state index contributed by atoms with van der Waals surface area (Å²) in [7, 11) is 0. The summed E-state index contributed by atoms with van der Waals surface area (Å²) in [6.45, 7) is 6.63. The Balaban J connectivity index is 1.61. The van der Waals surface area contributed by atoms with E-state index in [0.29, 0.717) is 30.0 Å². The van der Waals surface area contributed by atoms with Gasteiger partial charge in [-0.1, -0.05) is 6.92 Å². The van der Waals surface area contributed by atoms with E-state index in [9.17, 15) is 14.4 Å². The van der Waals surface area contributed by atoms with Gasteiger partial charge in [-0.2, -0.15) is 0 Å². The summed E-state index contributed by atoms with van der Waals surface area (Å²) in [6.07, 6.45) is 6.42. The van der Waals surface area contributed by atoms with Gasteiger partial charge < -0.3 is 9.64 Å². The second kappa shape index (κ2) is 6.07. The number of ketones is 1. The summed E-state index contributed by atoms with van der Waals surface area (Å²) >= 11 is 0. The SMILES string of the molecule is CC(=O)O[C@H]1CC[C@]2(C)[C@H]3CC[C@]4(C)C(=O)CC[C@H]4[C@@H]3CCN2C(=O)C1. The van der Waals surface area contributed by atoms with Crippen molar-refractivity contribution in [2.75, 3.05) is 6.54 Å². The molecule has 2 saturated heterocycles. The molecule has 144 valence electrons. The molecule has 0 aromatic carbocycles. The van der Waals surface area contributed by atoms with Crippen molar-refractivity contribution in [2.45, 2.75) is 83.8 Å². The van der Waals surface area contributed by atoms with Crippen molar-refractivity contribution in [1.82, 2.24) is 4.90 Å². The van der Waals surface area contributed by atoms with E-state index < -0.39 is 0 Å². The molecule has 4 fully saturated rings. The average Bonchev–Trinajstić information content (AvgIpc) is 2.81. The molecule has 26 heavy (non-hydrogen) atoms. The lowest BCUT2D eigenvalue weighted by atomic mass is 9.53. The molecule has 5 nitrogen and oxygen atoms in total. The Kier molecular flexibility index (Phi) is 4.20. The fourth-order valence-electron chi connectivity index (χ4n) is 6.89. The summed E-state index contributed by atoms with van der Waals surface area (Å²) in [5, 5.41) is 0. The Morgan fingerprint density at radius 3 is 2.58 bits per heavy atom. The molecule has 0 unspecified atom stereocenters. The second-order valence-electron chi connectivity index (χ2n) is 9.46. The first-order chi connectivity index (χ1) is 12.3. The molecule has 2 aliphatic carbocycles. The van der Waals surface area contributed by atoms with Crippen LogP contribution < -0.4 is 0 Å². The minimum absolute atomic E-state index is 0.130. The van der Waals surface area contributed by atoms with Crippen molar-refractivity contribution in [2.24, 2.45) is 23.2 Å². The highest BCUT2D eigenvalue weighted by atomic mass is 16.5.